The predicted octanol–water partition coefficient (Wildman–Crippen LogP) is 0.409. The van der Waals surface area contributed by atoms with Crippen LogP contribution in [0.4, 0.5) is 0 Å². The lowest BCUT2D eigenvalue weighted by atomic mass is 10.2. The average molecular weight is 341 g/mol. The number of aliphatic hydroxyl groups is 1. The SMILES string of the molecule is Cn1nnc(Br)c1S(=O)(=O)NCCCCCCO. The number of halogens is 1. The minimum atomic E-state index is -3.58. The highest BCUT2D eigenvalue weighted by molar-refractivity contribution is 9.10. The lowest BCUT2D eigenvalue weighted by Crippen LogP contribution is -2.27. The molecule has 0 aliphatic rings. The van der Waals surface area contributed by atoms with Crippen LogP contribution in [0.15, 0.2) is 9.63 Å². The lowest BCUT2D eigenvalue weighted by Gasteiger charge is -2.06. The first-order valence-corrected chi connectivity index (χ1v) is 7.92. The summed E-state index contributed by atoms with van der Waals surface area (Å²) in [6, 6.07) is 0. The minimum absolute atomic E-state index is 0.0258. The van der Waals surface area contributed by atoms with Crippen molar-refractivity contribution in [2.75, 3.05) is 13.2 Å². The summed E-state index contributed by atoms with van der Waals surface area (Å²) in [6.45, 7) is 0.546. The van der Waals surface area contributed by atoms with Crippen LogP contribution in [-0.2, 0) is 17.1 Å². The summed E-state index contributed by atoms with van der Waals surface area (Å²) in [5.74, 6) is 0. The van der Waals surface area contributed by atoms with Crippen molar-refractivity contribution in [1.82, 2.24) is 19.7 Å². The molecule has 0 fully saturated rings. The minimum Gasteiger partial charge on any atom is -0.396 e. The smallest absolute Gasteiger partial charge is 0.260 e. The molecule has 0 saturated heterocycles. The van der Waals surface area contributed by atoms with Crippen molar-refractivity contribution < 1.29 is 13.5 Å². The molecule has 2 N–H and O–H groups in total. The summed E-state index contributed by atoms with van der Waals surface area (Å²) in [4.78, 5) is 0. The van der Waals surface area contributed by atoms with E-state index >= 15 is 0 Å². The van der Waals surface area contributed by atoms with E-state index in [-0.39, 0.29) is 16.2 Å². The topological polar surface area (TPSA) is 97.1 Å². The maximum atomic E-state index is 11.9. The van der Waals surface area contributed by atoms with Gasteiger partial charge in [-0.3, -0.25) is 0 Å². The first kappa shape index (κ1) is 15.5. The van der Waals surface area contributed by atoms with E-state index in [2.05, 4.69) is 31.0 Å². The van der Waals surface area contributed by atoms with Gasteiger partial charge in [-0.05, 0) is 28.8 Å². The molecule has 0 aromatic carbocycles. The molecular formula is C9H17BrN4O3S. The molecule has 0 aliphatic carbocycles. The largest absolute Gasteiger partial charge is 0.396 e. The second kappa shape index (κ2) is 7.17. The Balaban J connectivity index is 2.46. The van der Waals surface area contributed by atoms with Gasteiger partial charge in [-0.2, -0.15) is 0 Å². The fourth-order valence-corrected chi connectivity index (χ4v) is 3.64. The van der Waals surface area contributed by atoms with Crippen molar-refractivity contribution >= 4 is 26.0 Å². The molecule has 0 amide bonds. The number of nitrogens with zero attached hydrogens (tertiary/aromatic N) is 3. The molecule has 0 bridgehead atoms. The number of hydrogen-bond acceptors (Lipinski definition) is 5. The van der Waals surface area contributed by atoms with E-state index in [4.69, 9.17) is 5.11 Å². The number of aromatic nitrogens is 3. The Morgan fingerprint density at radius 2 is 2.00 bits per heavy atom. The van der Waals surface area contributed by atoms with E-state index in [9.17, 15) is 8.42 Å². The molecule has 0 radical (unpaired) electrons. The van der Waals surface area contributed by atoms with E-state index in [1.54, 1.807) is 0 Å². The molecule has 7 nitrogen and oxygen atoms in total. The van der Waals surface area contributed by atoms with Crippen LogP contribution in [-0.4, -0.2) is 41.7 Å². The molecule has 0 saturated carbocycles. The highest BCUT2D eigenvalue weighted by Gasteiger charge is 2.22. The third kappa shape index (κ3) is 4.30. The first-order chi connectivity index (χ1) is 8.49. The molecule has 9 heteroatoms. The van der Waals surface area contributed by atoms with Gasteiger partial charge in [-0.25, -0.2) is 17.8 Å². The molecule has 1 heterocycles. The maximum absolute atomic E-state index is 11.9. The number of nitrogens with one attached hydrogen (secondary N) is 1. The first-order valence-electron chi connectivity index (χ1n) is 5.64. The quantitative estimate of drug-likeness (QED) is 0.668. The van der Waals surface area contributed by atoms with Gasteiger partial charge in [0.05, 0.1) is 0 Å². The van der Waals surface area contributed by atoms with Gasteiger partial charge in [0.2, 0.25) is 5.03 Å². The van der Waals surface area contributed by atoms with Crippen molar-refractivity contribution in [2.24, 2.45) is 7.05 Å². The monoisotopic (exact) mass is 340 g/mol. The van der Waals surface area contributed by atoms with Crippen molar-refractivity contribution in [2.45, 2.75) is 30.7 Å². The normalized spacial score (nSPS) is 11.9. The second-order valence-electron chi connectivity index (χ2n) is 3.84. The number of rotatable bonds is 8. The predicted molar refractivity (Wildman–Crippen MR) is 69.4 cm³/mol. The van der Waals surface area contributed by atoms with Crippen molar-refractivity contribution in [3.63, 3.8) is 0 Å². The van der Waals surface area contributed by atoms with Crippen LogP contribution < -0.4 is 4.72 Å². The molecule has 0 aliphatic heterocycles. The fourth-order valence-electron chi connectivity index (χ4n) is 1.47. The van der Waals surface area contributed by atoms with Gasteiger partial charge in [0.15, 0.2) is 4.60 Å². The van der Waals surface area contributed by atoms with Gasteiger partial charge < -0.3 is 5.11 Å². The van der Waals surface area contributed by atoms with Crippen LogP contribution in [0, 0.1) is 0 Å². The third-order valence-corrected chi connectivity index (χ3v) is 4.72. The molecule has 1 aromatic rings. The summed E-state index contributed by atoms with van der Waals surface area (Å²) in [6.07, 6.45) is 3.27. The number of aryl methyl sites for hydroxylation is 1. The molecule has 0 spiro atoms. The highest BCUT2D eigenvalue weighted by Crippen LogP contribution is 2.17. The Hall–Kier alpha value is -0.510. The van der Waals surface area contributed by atoms with E-state index in [0.29, 0.717) is 6.54 Å². The fraction of sp³-hybridized carbons (Fsp3) is 0.778. The van der Waals surface area contributed by atoms with Gasteiger partial charge >= 0.3 is 0 Å². The van der Waals surface area contributed by atoms with Crippen LogP contribution >= 0.6 is 15.9 Å². The molecular weight excluding hydrogens is 324 g/mol. The number of aliphatic hydroxyl groups excluding tert-OH is 1. The number of unbranched alkanes of at least 4 members (excludes halogenated alkanes) is 3. The zero-order valence-corrected chi connectivity index (χ0v) is 12.5. The Morgan fingerprint density at radius 1 is 1.33 bits per heavy atom. The molecule has 1 aromatic heterocycles. The van der Waals surface area contributed by atoms with Crippen LogP contribution in [0.1, 0.15) is 25.7 Å². The summed E-state index contributed by atoms with van der Waals surface area (Å²) < 4.78 is 27.8. The van der Waals surface area contributed by atoms with Crippen molar-refractivity contribution in [3.8, 4) is 0 Å². The lowest BCUT2D eigenvalue weighted by molar-refractivity contribution is 0.282. The molecule has 1 rings (SSSR count). The highest BCUT2D eigenvalue weighted by atomic mass is 79.9. The third-order valence-electron chi connectivity index (χ3n) is 2.37. The maximum Gasteiger partial charge on any atom is 0.260 e. The zero-order chi connectivity index (χ0) is 13.6. The van der Waals surface area contributed by atoms with E-state index in [0.717, 1.165) is 25.7 Å². The van der Waals surface area contributed by atoms with Crippen LogP contribution in [0.2, 0.25) is 0 Å². The second-order valence-corrected chi connectivity index (χ2v) is 6.28. The Labute approximate surface area is 115 Å². The van der Waals surface area contributed by atoms with Crippen molar-refractivity contribution in [1.29, 1.82) is 0 Å². The van der Waals surface area contributed by atoms with E-state index < -0.39 is 10.0 Å². The summed E-state index contributed by atoms with van der Waals surface area (Å²) >= 11 is 3.05. The van der Waals surface area contributed by atoms with Crippen LogP contribution in [0.5, 0.6) is 0 Å². The zero-order valence-electron chi connectivity index (χ0n) is 10.1. The summed E-state index contributed by atoms with van der Waals surface area (Å²) in [7, 11) is -2.06. The number of sulfonamides is 1. The number of hydrogen-bond donors (Lipinski definition) is 2. The molecule has 18 heavy (non-hydrogen) atoms. The van der Waals surface area contributed by atoms with Gasteiger partial charge in [-0.15, -0.1) is 5.10 Å². The van der Waals surface area contributed by atoms with Gasteiger partial charge in [0.25, 0.3) is 10.0 Å². The average Bonchev–Trinajstić information content (AvgIpc) is 2.64. The van der Waals surface area contributed by atoms with Crippen molar-refractivity contribution in [3.05, 3.63) is 4.60 Å². The van der Waals surface area contributed by atoms with Crippen LogP contribution in [0.3, 0.4) is 0 Å². The molecule has 104 valence electrons. The van der Waals surface area contributed by atoms with Crippen LogP contribution in [0.25, 0.3) is 0 Å². The standard InChI is InChI=1S/C9H17BrN4O3S/c1-14-9(8(10)12-13-14)18(16,17)11-6-4-2-3-5-7-15/h11,15H,2-7H2,1H3. The van der Waals surface area contributed by atoms with E-state index in [1.807, 2.05) is 0 Å². The molecule has 0 unspecified atom stereocenters. The Morgan fingerprint density at radius 3 is 2.56 bits per heavy atom. The van der Waals surface area contributed by atoms with E-state index in [1.165, 1.54) is 11.7 Å². The van der Waals surface area contributed by atoms with Gasteiger partial charge in [0.1, 0.15) is 0 Å². The van der Waals surface area contributed by atoms with Gasteiger partial charge in [-0.1, -0.05) is 18.1 Å². The van der Waals surface area contributed by atoms with Gasteiger partial charge in [0, 0.05) is 20.2 Å². The Bertz CT molecular complexity index is 455. The summed E-state index contributed by atoms with van der Waals surface area (Å²) in [5, 5.41) is 15.9. The Kier molecular flexibility index (Phi) is 6.19. The molecule has 0 atom stereocenters. The summed E-state index contributed by atoms with van der Waals surface area (Å²) in [5.41, 5.74) is 0.